The van der Waals surface area contributed by atoms with Gasteiger partial charge in [0.25, 0.3) is 0 Å². The van der Waals surface area contributed by atoms with Crippen LogP contribution < -0.4 is 4.90 Å². The molecule has 2 aliphatic heterocycles. The number of benzene rings is 1. The summed E-state index contributed by atoms with van der Waals surface area (Å²) in [7, 11) is -3.22. The summed E-state index contributed by atoms with van der Waals surface area (Å²) in [5, 5.41) is 7.91. The summed E-state index contributed by atoms with van der Waals surface area (Å²) in [6, 6.07) is 2.11. The van der Waals surface area contributed by atoms with E-state index in [4.69, 9.17) is 16.3 Å². The molecule has 1 saturated heterocycles. The smallest absolute Gasteiger partial charge is 0.414 e. The third-order valence-corrected chi connectivity index (χ3v) is 6.82. The van der Waals surface area contributed by atoms with E-state index in [2.05, 4.69) is 10.3 Å². The molecule has 31 heavy (non-hydrogen) atoms. The number of nitrogens with zero attached hydrogens (tertiary/aromatic N) is 4. The van der Waals surface area contributed by atoms with Gasteiger partial charge in [-0.05, 0) is 24.1 Å². The SMILES string of the molecule is O=C1O[C@@H](Cn2cc(CCCl)nn2)CN1c1cc(F)c(C2=CCS(=O)(=O)CC2)c(F)c1. The van der Waals surface area contributed by atoms with Crippen LogP contribution in [0.5, 0.6) is 0 Å². The summed E-state index contributed by atoms with van der Waals surface area (Å²) in [4.78, 5) is 13.4. The van der Waals surface area contributed by atoms with Crippen LogP contribution in [0, 0.1) is 11.6 Å². The molecule has 0 radical (unpaired) electrons. The zero-order chi connectivity index (χ0) is 22.2. The first-order valence-corrected chi connectivity index (χ1v) is 11.9. The number of allylic oxidation sites excluding steroid dienone is 1. The summed E-state index contributed by atoms with van der Waals surface area (Å²) in [6.45, 7) is 0.324. The van der Waals surface area contributed by atoms with Gasteiger partial charge in [-0.25, -0.2) is 26.7 Å². The Labute approximate surface area is 182 Å². The van der Waals surface area contributed by atoms with Crippen LogP contribution in [0.1, 0.15) is 17.7 Å². The Morgan fingerprint density at radius 1 is 1.26 bits per heavy atom. The highest BCUT2D eigenvalue weighted by Crippen LogP contribution is 2.32. The Bertz CT molecular complexity index is 1130. The molecule has 0 N–H and O–H groups in total. The van der Waals surface area contributed by atoms with Gasteiger partial charge in [0.15, 0.2) is 9.84 Å². The van der Waals surface area contributed by atoms with Gasteiger partial charge in [0, 0.05) is 24.1 Å². The van der Waals surface area contributed by atoms with Crippen LogP contribution in [0.2, 0.25) is 0 Å². The monoisotopic (exact) mass is 472 g/mol. The van der Waals surface area contributed by atoms with Crippen molar-refractivity contribution < 1.29 is 26.7 Å². The second kappa shape index (κ2) is 8.54. The lowest BCUT2D eigenvalue weighted by molar-refractivity contribution is 0.129. The quantitative estimate of drug-likeness (QED) is 0.600. The molecule has 1 aromatic carbocycles. The maximum Gasteiger partial charge on any atom is 0.414 e. The first-order chi connectivity index (χ1) is 14.8. The van der Waals surface area contributed by atoms with Crippen LogP contribution in [0.15, 0.2) is 24.4 Å². The van der Waals surface area contributed by atoms with Gasteiger partial charge < -0.3 is 4.74 Å². The molecular weight excluding hydrogens is 454 g/mol. The molecular formula is C19H19ClF2N4O4S. The number of anilines is 1. The molecule has 0 saturated carbocycles. The van der Waals surface area contributed by atoms with Crippen molar-refractivity contribution >= 4 is 38.8 Å². The van der Waals surface area contributed by atoms with E-state index < -0.39 is 33.7 Å². The van der Waals surface area contributed by atoms with Crippen LogP contribution in [-0.2, 0) is 27.5 Å². The Hall–Kier alpha value is -2.53. The van der Waals surface area contributed by atoms with Crippen molar-refractivity contribution in [1.29, 1.82) is 0 Å². The average Bonchev–Trinajstić information content (AvgIpc) is 3.29. The van der Waals surface area contributed by atoms with Crippen LogP contribution in [-0.4, -0.2) is 59.5 Å². The van der Waals surface area contributed by atoms with E-state index in [1.165, 1.54) is 10.8 Å². The van der Waals surface area contributed by atoms with Gasteiger partial charge in [-0.1, -0.05) is 11.3 Å². The van der Waals surface area contributed by atoms with Crippen molar-refractivity contribution in [3.63, 3.8) is 0 Å². The van der Waals surface area contributed by atoms with E-state index >= 15 is 0 Å². The number of hydrogen-bond acceptors (Lipinski definition) is 6. The predicted molar refractivity (Wildman–Crippen MR) is 110 cm³/mol. The van der Waals surface area contributed by atoms with Crippen LogP contribution in [0.25, 0.3) is 5.57 Å². The van der Waals surface area contributed by atoms with Crippen molar-refractivity contribution in [3.05, 3.63) is 47.3 Å². The number of rotatable bonds is 6. The van der Waals surface area contributed by atoms with Gasteiger partial charge in [0.2, 0.25) is 0 Å². The first kappa shape index (κ1) is 21.7. The minimum absolute atomic E-state index is 0.0247. The number of cyclic esters (lactones) is 1. The molecule has 1 aromatic heterocycles. The van der Waals surface area contributed by atoms with E-state index in [1.807, 2.05) is 0 Å². The van der Waals surface area contributed by atoms with Crippen molar-refractivity contribution in [2.45, 2.75) is 25.5 Å². The van der Waals surface area contributed by atoms with Gasteiger partial charge in [-0.2, -0.15) is 0 Å². The fourth-order valence-corrected chi connectivity index (χ4v) is 4.95. The molecule has 0 spiro atoms. The number of amides is 1. The highest BCUT2D eigenvalue weighted by molar-refractivity contribution is 7.91. The first-order valence-electron chi connectivity index (χ1n) is 9.58. The molecule has 0 bridgehead atoms. The Morgan fingerprint density at radius 2 is 2.00 bits per heavy atom. The molecule has 2 aliphatic rings. The van der Waals surface area contributed by atoms with Crippen molar-refractivity contribution in [2.75, 3.05) is 28.8 Å². The van der Waals surface area contributed by atoms with Gasteiger partial charge in [0.05, 0.1) is 36.0 Å². The lowest BCUT2D eigenvalue weighted by atomic mass is 10.0. The normalized spacial score (nSPS) is 20.6. The van der Waals surface area contributed by atoms with E-state index in [-0.39, 0.29) is 42.3 Å². The van der Waals surface area contributed by atoms with E-state index in [0.29, 0.717) is 23.6 Å². The van der Waals surface area contributed by atoms with Gasteiger partial charge >= 0.3 is 6.09 Å². The molecule has 166 valence electrons. The highest BCUT2D eigenvalue weighted by atomic mass is 35.5. The lowest BCUT2D eigenvalue weighted by Gasteiger charge is -2.18. The molecule has 12 heteroatoms. The number of sulfone groups is 1. The van der Waals surface area contributed by atoms with Crippen LogP contribution in [0.4, 0.5) is 19.3 Å². The van der Waals surface area contributed by atoms with Crippen molar-refractivity contribution in [3.8, 4) is 0 Å². The Morgan fingerprint density at radius 3 is 2.65 bits per heavy atom. The molecule has 1 amide bonds. The van der Waals surface area contributed by atoms with Gasteiger partial charge in [0.1, 0.15) is 17.7 Å². The molecule has 8 nitrogen and oxygen atoms in total. The minimum Gasteiger partial charge on any atom is -0.442 e. The van der Waals surface area contributed by atoms with Crippen molar-refractivity contribution in [1.82, 2.24) is 15.0 Å². The second-order valence-corrected chi connectivity index (χ2v) is 9.97. The molecule has 0 aliphatic carbocycles. The number of alkyl halides is 1. The standard InChI is InChI=1S/C19H19ClF2N4O4S/c20-4-1-13-9-25(24-23-13)10-15-11-26(19(27)30-15)14-7-16(21)18(17(22)8-14)12-2-5-31(28,29)6-3-12/h2,7-9,15H,1,3-6,10-11H2/t15-/m0/s1. The number of halogens is 3. The number of carbonyl (C=O) groups excluding carboxylic acids is 1. The lowest BCUT2D eigenvalue weighted by Crippen LogP contribution is -2.26. The van der Waals surface area contributed by atoms with E-state index in [9.17, 15) is 22.0 Å². The highest BCUT2D eigenvalue weighted by Gasteiger charge is 2.34. The summed E-state index contributed by atoms with van der Waals surface area (Å²) >= 11 is 5.68. The molecule has 3 heterocycles. The summed E-state index contributed by atoms with van der Waals surface area (Å²) in [5.74, 6) is -1.73. The minimum atomic E-state index is -3.22. The number of aromatic nitrogens is 3. The zero-order valence-corrected chi connectivity index (χ0v) is 17.9. The topological polar surface area (TPSA) is 94.4 Å². The number of ether oxygens (including phenoxy) is 1. The average molecular weight is 473 g/mol. The number of carbonyl (C=O) groups is 1. The second-order valence-electron chi connectivity index (χ2n) is 7.37. The summed E-state index contributed by atoms with van der Waals surface area (Å²) in [6.07, 6.45) is 2.33. The van der Waals surface area contributed by atoms with E-state index in [0.717, 1.165) is 17.0 Å². The number of aryl methyl sites for hydroxylation is 1. The predicted octanol–water partition coefficient (Wildman–Crippen LogP) is 2.56. The van der Waals surface area contributed by atoms with Crippen LogP contribution in [0.3, 0.4) is 0 Å². The third-order valence-electron chi connectivity index (χ3n) is 5.13. The third kappa shape index (κ3) is 4.72. The number of hydrogen-bond donors (Lipinski definition) is 0. The van der Waals surface area contributed by atoms with Gasteiger partial charge in [-0.15, -0.1) is 16.7 Å². The maximum atomic E-state index is 14.7. The largest absolute Gasteiger partial charge is 0.442 e. The zero-order valence-electron chi connectivity index (χ0n) is 16.3. The molecule has 1 fully saturated rings. The summed E-state index contributed by atoms with van der Waals surface area (Å²) < 4.78 is 59.4. The summed E-state index contributed by atoms with van der Waals surface area (Å²) in [5.41, 5.74) is 0.770. The fourth-order valence-electron chi connectivity index (χ4n) is 3.60. The van der Waals surface area contributed by atoms with Gasteiger partial charge in [-0.3, -0.25) is 4.90 Å². The molecule has 2 aromatic rings. The fraction of sp³-hybridized carbons (Fsp3) is 0.421. The van der Waals surface area contributed by atoms with Crippen molar-refractivity contribution in [2.24, 2.45) is 0 Å². The maximum absolute atomic E-state index is 14.7. The molecule has 4 rings (SSSR count). The van der Waals surface area contributed by atoms with E-state index in [1.54, 1.807) is 6.20 Å². The molecule has 1 atom stereocenters. The Kier molecular flexibility index (Phi) is 5.98. The molecule has 0 unspecified atom stereocenters. The van der Waals surface area contributed by atoms with Crippen LogP contribution >= 0.6 is 11.6 Å². The Balaban J connectivity index is 1.50.